The molecule has 1 aliphatic rings. The Kier molecular flexibility index (Phi) is 3.59. The summed E-state index contributed by atoms with van der Waals surface area (Å²) < 4.78 is 16.1. The summed E-state index contributed by atoms with van der Waals surface area (Å²) in [7, 11) is 3.16. The van der Waals surface area contributed by atoms with Crippen molar-refractivity contribution in [1.82, 2.24) is 0 Å². The predicted molar refractivity (Wildman–Crippen MR) is 83.7 cm³/mol. The summed E-state index contributed by atoms with van der Waals surface area (Å²) in [4.78, 5) is 12.4. The van der Waals surface area contributed by atoms with Gasteiger partial charge in [-0.1, -0.05) is 17.7 Å². The number of methoxy groups -OCH3 is 2. The molecule has 0 N–H and O–H groups in total. The molecule has 0 aromatic heterocycles. The third-order valence-corrected chi connectivity index (χ3v) is 3.53. The standard InChI is InChI=1S/C18H16O4/c1-11-4-6-14-13(8-11)18(19)17(22-14)10-12-5-7-15(20-2)16(9-12)21-3/h4-10H,1-3H3/b17-10-. The van der Waals surface area contributed by atoms with Crippen LogP contribution >= 0.6 is 0 Å². The second-order valence-corrected chi connectivity index (χ2v) is 5.05. The van der Waals surface area contributed by atoms with Crippen molar-refractivity contribution >= 4 is 11.9 Å². The van der Waals surface area contributed by atoms with Gasteiger partial charge in [-0.05, 0) is 42.8 Å². The fourth-order valence-corrected chi connectivity index (χ4v) is 2.40. The molecule has 0 saturated carbocycles. The molecule has 0 saturated heterocycles. The lowest BCUT2D eigenvalue weighted by Gasteiger charge is -2.08. The van der Waals surface area contributed by atoms with Gasteiger partial charge >= 0.3 is 0 Å². The minimum absolute atomic E-state index is 0.103. The van der Waals surface area contributed by atoms with E-state index in [0.717, 1.165) is 11.1 Å². The van der Waals surface area contributed by atoms with Gasteiger partial charge in [-0.25, -0.2) is 0 Å². The monoisotopic (exact) mass is 296 g/mol. The van der Waals surface area contributed by atoms with Gasteiger partial charge in [-0.2, -0.15) is 0 Å². The van der Waals surface area contributed by atoms with Crippen molar-refractivity contribution in [1.29, 1.82) is 0 Å². The fraction of sp³-hybridized carbons (Fsp3) is 0.167. The molecule has 0 aliphatic carbocycles. The summed E-state index contributed by atoms with van der Waals surface area (Å²) in [5.74, 6) is 2.06. The van der Waals surface area contributed by atoms with E-state index in [1.54, 1.807) is 32.4 Å². The predicted octanol–water partition coefficient (Wildman–Crippen LogP) is 3.63. The van der Waals surface area contributed by atoms with Gasteiger partial charge in [0.1, 0.15) is 5.75 Å². The van der Waals surface area contributed by atoms with Crippen molar-refractivity contribution in [3.05, 3.63) is 58.8 Å². The lowest BCUT2D eigenvalue weighted by Crippen LogP contribution is -1.98. The van der Waals surface area contributed by atoms with E-state index >= 15 is 0 Å². The molecule has 1 aliphatic heterocycles. The zero-order chi connectivity index (χ0) is 15.7. The third-order valence-electron chi connectivity index (χ3n) is 3.53. The zero-order valence-corrected chi connectivity index (χ0v) is 12.7. The number of allylic oxidation sites excluding steroid dienone is 1. The summed E-state index contributed by atoms with van der Waals surface area (Å²) in [5, 5.41) is 0. The Labute approximate surface area is 128 Å². The molecule has 0 amide bonds. The maximum absolute atomic E-state index is 12.4. The highest BCUT2D eigenvalue weighted by molar-refractivity contribution is 6.14. The lowest BCUT2D eigenvalue weighted by atomic mass is 10.1. The SMILES string of the molecule is COc1ccc(/C=C2\Oc3ccc(C)cc3C2=O)cc1OC. The van der Waals surface area contributed by atoms with Crippen molar-refractivity contribution < 1.29 is 19.0 Å². The van der Waals surface area contributed by atoms with Gasteiger partial charge in [0.2, 0.25) is 5.78 Å². The summed E-state index contributed by atoms with van der Waals surface area (Å²) in [6.07, 6.45) is 1.71. The number of ether oxygens (including phenoxy) is 3. The highest BCUT2D eigenvalue weighted by atomic mass is 16.5. The van der Waals surface area contributed by atoms with Gasteiger partial charge in [0.25, 0.3) is 0 Å². The second-order valence-electron chi connectivity index (χ2n) is 5.05. The number of hydrogen-bond donors (Lipinski definition) is 0. The molecular formula is C18H16O4. The van der Waals surface area contributed by atoms with Crippen molar-refractivity contribution in [3.8, 4) is 17.2 Å². The van der Waals surface area contributed by atoms with Crippen molar-refractivity contribution in [2.75, 3.05) is 14.2 Å². The normalized spacial score (nSPS) is 14.7. The topological polar surface area (TPSA) is 44.8 Å². The van der Waals surface area contributed by atoms with E-state index in [1.165, 1.54) is 0 Å². The van der Waals surface area contributed by atoms with Crippen molar-refractivity contribution in [2.45, 2.75) is 6.92 Å². The van der Waals surface area contributed by atoms with Crippen LogP contribution in [-0.2, 0) is 0 Å². The summed E-state index contributed by atoms with van der Waals surface area (Å²) >= 11 is 0. The molecule has 4 nitrogen and oxygen atoms in total. The maximum Gasteiger partial charge on any atom is 0.231 e. The van der Waals surface area contributed by atoms with Crippen LogP contribution in [0.4, 0.5) is 0 Å². The van der Waals surface area contributed by atoms with Crippen LogP contribution in [0.5, 0.6) is 17.2 Å². The number of carbonyl (C=O) groups is 1. The Bertz CT molecular complexity index is 775. The highest BCUT2D eigenvalue weighted by Crippen LogP contribution is 2.34. The molecule has 2 aromatic rings. The maximum atomic E-state index is 12.4. The fourth-order valence-electron chi connectivity index (χ4n) is 2.40. The van der Waals surface area contributed by atoms with E-state index in [0.29, 0.717) is 28.6 Å². The van der Waals surface area contributed by atoms with Gasteiger partial charge < -0.3 is 14.2 Å². The molecule has 0 unspecified atom stereocenters. The molecule has 22 heavy (non-hydrogen) atoms. The van der Waals surface area contributed by atoms with Crippen LogP contribution in [0.1, 0.15) is 21.5 Å². The number of ketones is 1. The number of carbonyl (C=O) groups excluding carboxylic acids is 1. The first kappa shape index (κ1) is 14.2. The Hall–Kier alpha value is -2.75. The van der Waals surface area contributed by atoms with E-state index in [2.05, 4.69) is 0 Å². The molecule has 0 bridgehead atoms. The number of Topliss-reactive ketones (excluding diaryl/α,β-unsaturated/α-hetero) is 1. The van der Waals surface area contributed by atoms with Crippen LogP contribution in [0.2, 0.25) is 0 Å². The number of fused-ring (bicyclic) bond motifs is 1. The molecular weight excluding hydrogens is 280 g/mol. The zero-order valence-electron chi connectivity index (χ0n) is 12.7. The second kappa shape index (κ2) is 5.56. The van der Waals surface area contributed by atoms with Crippen LogP contribution in [0.3, 0.4) is 0 Å². The smallest absolute Gasteiger partial charge is 0.231 e. The van der Waals surface area contributed by atoms with E-state index in [1.807, 2.05) is 31.2 Å². The Balaban J connectivity index is 1.96. The quantitative estimate of drug-likeness (QED) is 0.811. The van der Waals surface area contributed by atoms with Crippen LogP contribution in [0.25, 0.3) is 6.08 Å². The van der Waals surface area contributed by atoms with Crippen LogP contribution in [-0.4, -0.2) is 20.0 Å². The molecule has 4 heteroatoms. The summed E-state index contributed by atoms with van der Waals surface area (Å²) in [5.41, 5.74) is 2.44. The molecule has 0 spiro atoms. The molecule has 0 radical (unpaired) electrons. The molecule has 1 heterocycles. The molecule has 3 rings (SSSR count). The molecule has 112 valence electrons. The van der Waals surface area contributed by atoms with E-state index in [9.17, 15) is 4.79 Å². The van der Waals surface area contributed by atoms with E-state index in [-0.39, 0.29) is 5.78 Å². The average Bonchev–Trinajstić information content (AvgIpc) is 2.83. The molecule has 0 atom stereocenters. The van der Waals surface area contributed by atoms with Gasteiger partial charge in [0, 0.05) is 0 Å². The first-order valence-electron chi connectivity index (χ1n) is 6.89. The first-order valence-corrected chi connectivity index (χ1v) is 6.89. The van der Waals surface area contributed by atoms with E-state index < -0.39 is 0 Å². The molecule has 0 fully saturated rings. The highest BCUT2D eigenvalue weighted by Gasteiger charge is 2.27. The van der Waals surface area contributed by atoms with Crippen molar-refractivity contribution in [2.24, 2.45) is 0 Å². The molecule has 2 aromatic carbocycles. The van der Waals surface area contributed by atoms with Crippen LogP contribution in [0, 0.1) is 6.92 Å². The minimum Gasteiger partial charge on any atom is -0.493 e. The first-order chi connectivity index (χ1) is 10.6. The number of benzene rings is 2. The Morgan fingerprint density at radius 1 is 1.00 bits per heavy atom. The van der Waals surface area contributed by atoms with Gasteiger partial charge in [-0.15, -0.1) is 0 Å². The average molecular weight is 296 g/mol. The van der Waals surface area contributed by atoms with Gasteiger partial charge in [0.05, 0.1) is 19.8 Å². The lowest BCUT2D eigenvalue weighted by molar-refractivity contribution is 0.101. The number of rotatable bonds is 3. The Morgan fingerprint density at radius 3 is 2.50 bits per heavy atom. The number of hydrogen-bond acceptors (Lipinski definition) is 4. The van der Waals surface area contributed by atoms with Gasteiger partial charge in [0.15, 0.2) is 17.3 Å². The minimum atomic E-state index is -0.103. The van der Waals surface area contributed by atoms with Crippen molar-refractivity contribution in [3.63, 3.8) is 0 Å². The van der Waals surface area contributed by atoms with Crippen LogP contribution in [0.15, 0.2) is 42.2 Å². The van der Waals surface area contributed by atoms with E-state index in [4.69, 9.17) is 14.2 Å². The summed E-state index contributed by atoms with van der Waals surface area (Å²) in [6, 6.07) is 11.0. The summed E-state index contributed by atoms with van der Waals surface area (Å²) in [6.45, 7) is 1.95. The van der Waals surface area contributed by atoms with Crippen LogP contribution < -0.4 is 14.2 Å². The van der Waals surface area contributed by atoms with Gasteiger partial charge in [-0.3, -0.25) is 4.79 Å². The third kappa shape index (κ3) is 2.44. The Morgan fingerprint density at radius 2 is 1.77 bits per heavy atom. The largest absolute Gasteiger partial charge is 0.493 e. The number of aryl methyl sites for hydroxylation is 1.